The third-order valence-corrected chi connectivity index (χ3v) is 4.42. The molecule has 0 aliphatic heterocycles. The number of fused-ring (bicyclic) bond motifs is 1. The van der Waals surface area contributed by atoms with Gasteiger partial charge in [0.15, 0.2) is 0 Å². The number of thioether (sulfide) groups is 1. The molecule has 0 amide bonds. The van der Waals surface area contributed by atoms with E-state index in [-0.39, 0.29) is 6.61 Å². The van der Waals surface area contributed by atoms with Crippen LogP contribution in [0.2, 0.25) is 0 Å². The van der Waals surface area contributed by atoms with E-state index in [2.05, 4.69) is 35.4 Å². The SMILES string of the molecule is CSCCCN(CCO)C1CCc2ccccc21. The van der Waals surface area contributed by atoms with Crippen molar-refractivity contribution in [2.24, 2.45) is 0 Å². The number of rotatable bonds is 7. The second kappa shape index (κ2) is 7.17. The van der Waals surface area contributed by atoms with Gasteiger partial charge in [-0.15, -0.1) is 0 Å². The minimum Gasteiger partial charge on any atom is -0.395 e. The fourth-order valence-electron chi connectivity index (χ4n) is 2.88. The van der Waals surface area contributed by atoms with Gasteiger partial charge in [-0.05, 0) is 48.9 Å². The summed E-state index contributed by atoms with van der Waals surface area (Å²) >= 11 is 1.90. The van der Waals surface area contributed by atoms with E-state index in [1.165, 1.54) is 36.1 Å². The van der Waals surface area contributed by atoms with Gasteiger partial charge in [0.1, 0.15) is 0 Å². The molecule has 1 aromatic carbocycles. The Labute approximate surface area is 114 Å². The van der Waals surface area contributed by atoms with Gasteiger partial charge in [0.05, 0.1) is 6.61 Å². The summed E-state index contributed by atoms with van der Waals surface area (Å²) in [4.78, 5) is 2.46. The topological polar surface area (TPSA) is 23.5 Å². The van der Waals surface area contributed by atoms with Crippen molar-refractivity contribution >= 4 is 11.8 Å². The molecule has 100 valence electrons. The van der Waals surface area contributed by atoms with Crippen LogP contribution in [0.3, 0.4) is 0 Å². The lowest BCUT2D eigenvalue weighted by Gasteiger charge is -2.29. The second-order valence-electron chi connectivity index (χ2n) is 4.86. The van der Waals surface area contributed by atoms with Gasteiger partial charge in [-0.25, -0.2) is 0 Å². The molecule has 0 bridgehead atoms. The lowest BCUT2D eigenvalue weighted by molar-refractivity contribution is 0.150. The molecule has 1 unspecified atom stereocenters. The van der Waals surface area contributed by atoms with E-state index in [1.54, 1.807) is 0 Å². The van der Waals surface area contributed by atoms with E-state index < -0.39 is 0 Å². The van der Waals surface area contributed by atoms with Crippen LogP contribution in [-0.4, -0.2) is 41.7 Å². The number of hydrogen-bond acceptors (Lipinski definition) is 3. The summed E-state index contributed by atoms with van der Waals surface area (Å²) in [5.74, 6) is 1.20. The van der Waals surface area contributed by atoms with Crippen molar-refractivity contribution in [2.75, 3.05) is 31.7 Å². The van der Waals surface area contributed by atoms with Gasteiger partial charge in [0.2, 0.25) is 0 Å². The summed E-state index contributed by atoms with van der Waals surface area (Å²) in [6, 6.07) is 9.29. The average molecular weight is 265 g/mol. The standard InChI is InChI=1S/C15H23NOS/c1-18-12-4-9-16(10-11-17)15-8-7-13-5-2-3-6-14(13)15/h2-3,5-6,15,17H,4,7-12H2,1H3. The number of benzene rings is 1. The number of aliphatic hydroxyl groups is 1. The third-order valence-electron chi connectivity index (χ3n) is 3.72. The summed E-state index contributed by atoms with van der Waals surface area (Å²) in [5, 5.41) is 9.25. The maximum Gasteiger partial charge on any atom is 0.0558 e. The first kappa shape index (κ1) is 13.9. The van der Waals surface area contributed by atoms with Crippen molar-refractivity contribution in [3.05, 3.63) is 35.4 Å². The molecule has 0 saturated heterocycles. The van der Waals surface area contributed by atoms with E-state index in [0.717, 1.165) is 13.1 Å². The number of aryl methyl sites for hydroxylation is 1. The zero-order chi connectivity index (χ0) is 12.8. The molecule has 0 heterocycles. The predicted molar refractivity (Wildman–Crippen MR) is 79.2 cm³/mol. The van der Waals surface area contributed by atoms with Crippen molar-refractivity contribution < 1.29 is 5.11 Å². The third kappa shape index (κ3) is 3.28. The molecular weight excluding hydrogens is 242 g/mol. The minimum absolute atomic E-state index is 0.262. The predicted octanol–water partition coefficient (Wildman–Crippen LogP) is 2.72. The van der Waals surface area contributed by atoms with Crippen LogP contribution in [0, 0.1) is 0 Å². The Hall–Kier alpha value is -0.510. The Kier molecular flexibility index (Phi) is 5.54. The van der Waals surface area contributed by atoms with Crippen LogP contribution >= 0.6 is 11.8 Å². The van der Waals surface area contributed by atoms with Gasteiger partial charge in [-0.3, -0.25) is 4.90 Å². The van der Waals surface area contributed by atoms with Gasteiger partial charge in [0.25, 0.3) is 0 Å². The Morgan fingerprint density at radius 2 is 2.17 bits per heavy atom. The van der Waals surface area contributed by atoms with Crippen LogP contribution in [0.1, 0.15) is 30.0 Å². The molecule has 0 aromatic heterocycles. The molecule has 0 spiro atoms. The minimum atomic E-state index is 0.262. The van der Waals surface area contributed by atoms with Gasteiger partial charge in [-0.2, -0.15) is 11.8 Å². The molecule has 18 heavy (non-hydrogen) atoms. The fourth-order valence-corrected chi connectivity index (χ4v) is 3.30. The van der Waals surface area contributed by atoms with Crippen LogP contribution < -0.4 is 0 Å². The maximum absolute atomic E-state index is 9.25. The number of nitrogens with zero attached hydrogens (tertiary/aromatic N) is 1. The average Bonchev–Trinajstić information content (AvgIpc) is 2.82. The molecule has 3 heteroatoms. The largest absolute Gasteiger partial charge is 0.395 e. The normalized spacial score (nSPS) is 18.3. The highest BCUT2D eigenvalue weighted by atomic mass is 32.2. The van der Waals surface area contributed by atoms with Crippen molar-refractivity contribution in [3.63, 3.8) is 0 Å². The molecule has 2 nitrogen and oxygen atoms in total. The smallest absolute Gasteiger partial charge is 0.0558 e. The zero-order valence-corrected chi connectivity index (χ0v) is 12.0. The molecule has 1 aliphatic carbocycles. The highest BCUT2D eigenvalue weighted by Gasteiger charge is 2.26. The van der Waals surface area contributed by atoms with E-state index in [4.69, 9.17) is 0 Å². The highest BCUT2D eigenvalue weighted by Crippen LogP contribution is 2.35. The fraction of sp³-hybridized carbons (Fsp3) is 0.600. The van der Waals surface area contributed by atoms with Crippen LogP contribution in [0.15, 0.2) is 24.3 Å². The van der Waals surface area contributed by atoms with Crippen LogP contribution in [0.25, 0.3) is 0 Å². The van der Waals surface area contributed by atoms with Crippen molar-refractivity contribution in [3.8, 4) is 0 Å². The lowest BCUT2D eigenvalue weighted by atomic mass is 10.1. The Bertz CT molecular complexity index is 369. The highest BCUT2D eigenvalue weighted by molar-refractivity contribution is 7.98. The molecule has 0 saturated carbocycles. The van der Waals surface area contributed by atoms with Gasteiger partial charge >= 0.3 is 0 Å². The zero-order valence-electron chi connectivity index (χ0n) is 11.1. The van der Waals surface area contributed by atoms with E-state index in [0.29, 0.717) is 6.04 Å². The Balaban J connectivity index is 2.03. The summed E-state index contributed by atoms with van der Waals surface area (Å²) < 4.78 is 0. The molecule has 0 fully saturated rings. The van der Waals surface area contributed by atoms with Crippen molar-refractivity contribution in [2.45, 2.75) is 25.3 Å². The van der Waals surface area contributed by atoms with Crippen LogP contribution in [-0.2, 0) is 6.42 Å². The summed E-state index contributed by atoms with van der Waals surface area (Å²) in [5.41, 5.74) is 2.98. The van der Waals surface area contributed by atoms with Gasteiger partial charge < -0.3 is 5.11 Å². The van der Waals surface area contributed by atoms with E-state index in [1.807, 2.05) is 11.8 Å². The molecular formula is C15H23NOS. The molecule has 1 atom stereocenters. The van der Waals surface area contributed by atoms with Crippen LogP contribution in [0.4, 0.5) is 0 Å². The number of hydrogen-bond donors (Lipinski definition) is 1. The number of aliphatic hydroxyl groups excluding tert-OH is 1. The van der Waals surface area contributed by atoms with Gasteiger partial charge in [0, 0.05) is 12.6 Å². The summed E-state index contributed by atoms with van der Waals surface area (Å²) in [6.07, 6.45) is 5.75. The lowest BCUT2D eigenvalue weighted by Crippen LogP contribution is -2.31. The Morgan fingerprint density at radius 3 is 2.94 bits per heavy atom. The first-order valence-electron chi connectivity index (χ1n) is 6.78. The van der Waals surface area contributed by atoms with E-state index in [9.17, 15) is 5.11 Å². The molecule has 2 rings (SSSR count). The second-order valence-corrected chi connectivity index (χ2v) is 5.84. The molecule has 1 aliphatic rings. The van der Waals surface area contributed by atoms with E-state index >= 15 is 0 Å². The maximum atomic E-state index is 9.25. The van der Waals surface area contributed by atoms with Crippen LogP contribution in [0.5, 0.6) is 0 Å². The monoisotopic (exact) mass is 265 g/mol. The van der Waals surface area contributed by atoms with Crippen molar-refractivity contribution in [1.29, 1.82) is 0 Å². The Morgan fingerprint density at radius 1 is 1.33 bits per heavy atom. The first-order valence-corrected chi connectivity index (χ1v) is 8.18. The first-order chi connectivity index (χ1) is 8.86. The molecule has 0 radical (unpaired) electrons. The van der Waals surface area contributed by atoms with Crippen molar-refractivity contribution in [1.82, 2.24) is 4.90 Å². The van der Waals surface area contributed by atoms with Gasteiger partial charge in [-0.1, -0.05) is 24.3 Å². The molecule has 1 aromatic rings. The summed E-state index contributed by atoms with van der Waals surface area (Å²) in [6.45, 7) is 2.16. The summed E-state index contributed by atoms with van der Waals surface area (Å²) in [7, 11) is 0. The quantitative estimate of drug-likeness (QED) is 0.767. The molecule has 1 N–H and O–H groups in total.